The van der Waals surface area contributed by atoms with Crippen molar-refractivity contribution in [2.75, 3.05) is 6.54 Å². The summed E-state index contributed by atoms with van der Waals surface area (Å²) in [6, 6.07) is 12.8. The number of amides is 1. The molecule has 2 aromatic rings. The van der Waals surface area contributed by atoms with Crippen molar-refractivity contribution < 1.29 is 14.3 Å². The molecule has 130 valence electrons. The van der Waals surface area contributed by atoms with Crippen LogP contribution < -0.4 is 4.74 Å². The average Bonchev–Trinajstić information content (AvgIpc) is 2.95. The number of carbonyl (C=O) groups is 2. The van der Waals surface area contributed by atoms with Gasteiger partial charge < -0.3 is 9.64 Å². The number of carbonyl (C=O) groups excluding carboxylic acids is 2. The van der Waals surface area contributed by atoms with E-state index in [-0.39, 0.29) is 23.1 Å². The Labute approximate surface area is 156 Å². The van der Waals surface area contributed by atoms with Crippen LogP contribution in [0.2, 0.25) is 10.0 Å². The van der Waals surface area contributed by atoms with Gasteiger partial charge >= 0.3 is 5.97 Å². The van der Waals surface area contributed by atoms with Crippen molar-refractivity contribution in [1.29, 1.82) is 0 Å². The maximum absolute atomic E-state index is 12.4. The van der Waals surface area contributed by atoms with Crippen LogP contribution in [-0.2, 0) is 16.1 Å². The molecular formula is C19H17Cl2NO3. The minimum atomic E-state index is -0.506. The van der Waals surface area contributed by atoms with Crippen LogP contribution in [-0.4, -0.2) is 23.3 Å². The molecule has 1 heterocycles. The molecule has 1 aliphatic heterocycles. The largest absolute Gasteiger partial charge is 0.425 e. The molecular weight excluding hydrogens is 361 g/mol. The van der Waals surface area contributed by atoms with Crippen molar-refractivity contribution in [1.82, 2.24) is 4.90 Å². The third-order valence-electron chi connectivity index (χ3n) is 4.17. The van der Waals surface area contributed by atoms with Gasteiger partial charge in [-0.05, 0) is 24.6 Å². The number of hydrogen-bond acceptors (Lipinski definition) is 3. The van der Waals surface area contributed by atoms with Crippen LogP contribution in [0.4, 0.5) is 0 Å². The van der Waals surface area contributed by atoms with Gasteiger partial charge in [-0.1, -0.05) is 59.1 Å². The van der Waals surface area contributed by atoms with Crippen LogP contribution in [0.1, 0.15) is 17.5 Å². The highest BCUT2D eigenvalue weighted by Gasteiger charge is 2.35. The second-order valence-corrected chi connectivity index (χ2v) is 6.92. The molecule has 0 N–H and O–H groups in total. The number of rotatable bonds is 4. The van der Waals surface area contributed by atoms with E-state index in [9.17, 15) is 9.59 Å². The van der Waals surface area contributed by atoms with Gasteiger partial charge in [0.05, 0.1) is 10.9 Å². The summed E-state index contributed by atoms with van der Waals surface area (Å²) < 4.78 is 5.34. The normalized spacial score (nSPS) is 17.0. The summed E-state index contributed by atoms with van der Waals surface area (Å²) in [6.45, 7) is 2.84. The zero-order chi connectivity index (χ0) is 18.0. The van der Waals surface area contributed by atoms with Crippen LogP contribution in [0.25, 0.3) is 0 Å². The van der Waals surface area contributed by atoms with E-state index < -0.39 is 11.9 Å². The van der Waals surface area contributed by atoms with Crippen molar-refractivity contribution in [3.05, 3.63) is 63.6 Å². The lowest BCUT2D eigenvalue weighted by Crippen LogP contribution is -2.27. The Morgan fingerprint density at radius 2 is 1.92 bits per heavy atom. The first-order valence-corrected chi connectivity index (χ1v) is 8.68. The van der Waals surface area contributed by atoms with Crippen LogP contribution in [0.5, 0.6) is 5.75 Å². The number of esters is 1. The van der Waals surface area contributed by atoms with Crippen molar-refractivity contribution in [2.45, 2.75) is 19.9 Å². The number of aryl methyl sites for hydroxylation is 1. The van der Waals surface area contributed by atoms with E-state index in [2.05, 4.69) is 0 Å². The third-order valence-corrected chi connectivity index (χ3v) is 4.97. The quantitative estimate of drug-likeness (QED) is 0.590. The summed E-state index contributed by atoms with van der Waals surface area (Å²) >= 11 is 12.0. The Balaban J connectivity index is 1.64. The molecule has 0 unspecified atom stereocenters. The molecule has 1 amide bonds. The highest BCUT2D eigenvalue weighted by atomic mass is 35.5. The Morgan fingerprint density at radius 3 is 2.64 bits per heavy atom. The number of ether oxygens (including phenoxy) is 1. The maximum atomic E-state index is 12.4. The minimum Gasteiger partial charge on any atom is -0.425 e. The van der Waals surface area contributed by atoms with E-state index in [0.29, 0.717) is 18.1 Å². The highest BCUT2D eigenvalue weighted by Crippen LogP contribution is 2.32. The van der Waals surface area contributed by atoms with Crippen LogP contribution in [0.3, 0.4) is 0 Å². The van der Waals surface area contributed by atoms with E-state index in [4.69, 9.17) is 27.9 Å². The monoisotopic (exact) mass is 377 g/mol. The van der Waals surface area contributed by atoms with Gasteiger partial charge in [0.2, 0.25) is 5.91 Å². The standard InChI is InChI=1S/C19H17Cl2NO3/c1-12-5-7-13(8-6-12)10-22-11-14(9-17(22)23)19(24)25-16-4-2-3-15(20)18(16)21/h2-8,14H,9-11H2,1H3/t14-/m1/s1. The fourth-order valence-corrected chi connectivity index (χ4v) is 3.08. The molecule has 0 aromatic heterocycles. The summed E-state index contributed by atoms with van der Waals surface area (Å²) in [7, 11) is 0. The summed E-state index contributed by atoms with van der Waals surface area (Å²) in [4.78, 5) is 26.2. The Bertz CT molecular complexity index is 805. The molecule has 2 aromatic carbocycles. The van der Waals surface area contributed by atoms with Gasteiger partial charge in [-0.25, -0.2) is 0 Å². The number of hydrogen-bond donors (Lipinski definition) is 0. The number of halogens is 2. The molecule has 4 nitrogen and oxygen atoms in total. The molecule has 25 heavy (non-hydrogen) atoms. The van der Waals surface area contributed by atoms with Gasteiger partial charge in [0.1, 0.15) is 5.02 Å². The minimum absolute atomic E-state index is 0.0558. The van der Waals surface area contributed by atoms with Crippen molar-refractivity contribution in [2.24, 2.45) is 5.92 Å². The van der Waals surface area contributed by atoms with Gasteiger partial charge in [0, 0.05) is 19.5 Å². The smallest absolute Gasteiger partial charge is 0.316 e. The highest BCUT2D eigenvalue weighted by molar-refractivity contribution is 6.43. The summed E-state index contributed by atoms with van der Waals surface area (Å²) in [5, 5.41) is 0.508. The lowest BCUT2D eigenvalue weighted by molar-refractivity contribution is -0.139. The predicted molar refractivity (Wildman–Crippen MR) is 96.8 cm³/mol. The van der Waals surface area contributed by atoms with Gasteiger partial charge in [-0.15, -0.1) is 0 Å². The zero-order valence-corrected chi connectivity index (χ0v) is 15.2. The third kappa shape index (κ3) is 4.14. The van der Waals surface area contributed by atoms with E-state index in [1.54, 1.807) is 23.1 Å². The molecule has 1 fully saturated rings. The maximum Gasteiger partial charge on any atom is 0.316 e. The molecule has 0 aliphatic carbocycles. The molecule has 3 rings (SSSR count). The zero-order valence-electron chi connectivity index (χ0n) is 13.7. The molecule has 0 bridgehead atoms. The van der Waals surface area contributed by atoms with Gasteiger partial charge in [-0.2, -0.15) is 0 Å². The number of benzene rings is 2. The number of nitrogens with zero attached hydrogens (tertiary/aromatic N) is 1. The van der Waals surface area contributed by atoms with E-state index in [1.807, 2.05) is 31.2 Å². The van der Waals surface area contributed by atoms with Crippen LogP contribution >= 0.6 is 23.2 Å². The van der Waals surface area contributed by atoms with E-state index in [1.165, 1.54) is 0 Å². The van der Waals surface area contributed by atoms with E-state index >= 15 is 0 Å². The molecule has 0 saturated carbocycles. The molecule has 6 heteroatoms. The lowest BCUT2D eigenvalue weighted by Gasteiger charge is -2.16. The van der Waals surface area contributed by atoms with Gasteiger partial charge in [0.25, 0.3) is 0 Å². The molecule has 0 radical (unpaired) electrons. The van der Waals surface area contributed by atoms with Crippen molar-refractivity contribution >= 4 is 35.1 Å². The van der Waals surface area contributed by atoms with Crippen molar-refractivity contribution in [3.8, 4) is 5.75 Å². The first-order valence-electron chi connectivity index (χ1n) is 7.93. The second kappa shape index (κ2) is 7.46. The topological polar surface area (TPSA) is 46.6 Å². The van der Waals surface area contributed by atoms with Crippen LogP contribution in [0.15, 0.2) is 42.5 Å². The lowest BCUT2D eigenvalue weighted by atomic mass is 10.1. The fraction of sp³-hybridized carbons (Fsp3) is 0.263. The van der Waals surface area contributed by atoms with Gasteiger partial charge in [-0.3, -0.25) is 9.59 Å². The predicted octanol–water partition coefficient (Wildman–Crippen LogP) is 4.26. The Hall–Kier alpha value is -2.04. The Kier molecular flexibility index (Phi) is 5.30. The summed E-state index contributed by atoms with van der Waals surface area (Å²) in [5.41, 5.74) is 2.20. The average molecular weight is 378 g/mol. The second-order valence-electron chi connectivity index (χ2n) is 6.13. The molecule has 1 saturated heterocycles. The number of likely N-dealkylation sites (tertiary alicyclic amines) is 1. The first-order chi connectivity index (χ1) is 11.9. The van der Waals surface area contributed by atoms with E-state index in [0.717, 1.165) is 11.1 Å². The molecule has 0 spiro atoms. The van der Waals surface area contributed by atoms with Gasteiger partial charge in [0.15, 0.2) is 5.75 Å². The molecule has 1 aliphatic rings. The SMILES string of the molecule is Cc1ccc(CN2C[C@H](C(=O)Oc3cccc(Cl)c3Cl)CC2=O)cc1. The van der Waals surface area contributed by atoms with Crippen LogP contribution in [0, 0.1) is 12.8 Å². The van der Waals surface area contributed by atoms with Crippen molar-refractivity contribution in [3.63, 3.8) is 0 Å². The fourth-order valence-electron chi connectivity index (χ4n) is 2.75. The summed E-state index contributed by atoms with van der Waals surface area (Å²) in [6.07, 6.45) is 0.142. The Morgan fingerprint density at radius 1 is 1.20 bits per heavy atom. The molecule has 1 atom stereocenters. The first kappa shape index (κ1) is 17.8. The summed E-state index contributed by atoms with van der Waals surface area (Å²) in [5.74, 6) is -0.819.